The summed E-state index contributed by atoms with van der Waals surface area (Å²) in [5.74, 6) is -0.0536. The molecule has 0 spiro atoms. The zero-order chi connectivity index (χ0) is 15.1. The molecule has 0 aliphatic rings. The van der Waals surface area contributed by atoms with E-state index in [1.54, 1.807) is 42.3 Å². The maximum absolute atomic E-state index is 11.7. The van der Waals surface area contributed by atoms with Gasteiger partial charge < -0.3 is 4.74 Å². The molecule has 6 heteroatoms. The number of hydrogen-bond acceptors (Lipinski definition) is 5. The van der Waals surface area contributed by atoms with Gasteiger partial charge in [0.1, 0.15) is 6.42 Å². The summed E-state index contributed by atoms with van der Waals surface area (Å²) >= 11 is 0. The second-order valence-electron chi connectivity index (χ2n) is 4.35. The SMILES string of the molecule is CCOC(=O)CC(=O)C[n+]1ccc(-c2ncccn2)cc1. The van der Waals surface area contributed by atoms with Crippen LogP contribution in [0.25, 0.3) is 11.4 Å². The molecule has 0 fully saturated rings. The predicted octanol–water partition coefficient (Wildman–Crippen LogP) is 0.953. The van der Waals surface area contributed by atoms with Crippen molar-refractivity contribution in [3.63, 3.8) is 0 Å². The highest BCUT2D eigenvalue weighted by atomic mass is 16.5. The summed E-state index contributed by atoms with van der Waals surface area (Å²) in [6.07, 6.45) is 6.66. The van der Waals surface area contributed by atoms with Crippen molar-refractivity contribution in [3.8, 4) is 11.4 Å². The lowest BCUT2D eigenvalue weighted by Gasteiger charge is -2.00. The highest BCUT2D eigenvalue weighted by Gasteiger charge is 2.15. The third-order valence-corrected chi connectivity index (χ3v) is 2.72. The number of aromatic nitrogens is 3. The molecule has 6 nitrogen and oxygen atoms in total. The lowest BCUT2D eigenvalue weighted by Crippen LogP contribution is -2.37. The minimum Gasteiger partial charge on any atom is -0.466 e. The summed E-state index contributed by atoms with van der Waals surface area (Å²) < 4.78 is 6.44. The van der Waals surface area contributed by atoms with Gasteiger partial charge in [0, 0.05) is 30.1 Å². The van der Waals surface area contributed by atoms with Crippen LogP contribution in [0.4, 0.5) is 0 Å². The molecule has 0 aliphatic carbocycles. The van der Waals surface area contributed by atoms with Gasteiger partial charge in [0.05, 0.1) is 6.61 Å². The third-order valence-electron chi connectivity index (χ3n) is 2.72. The molecule has 108 valence electrons. The maximum Gasteiger partial charge on any atom is 0.313 e. The Morgan fingerprint density at radius 2 is 1.86 bits per heavy atom. The van der Waals surface area contributed by atoms with Crippen LogP contribution in [0.3, 0.4) is 0 Å². The van der Waals surface area contributed by atoms with Gasteiger partial charge in [0.2, 0.25) is 12.3 Å². The largest absolute Gasteiger partial charge is 0.466 e. The molecule has 0 atom stereocenters. The van der Waals surface area contributed by atoms with Crippen LogP contribution in [0.5, 0.6) is 0 Å². The number of ketones is 1. The van der Waals surface area contributed by atoms with Gasteiger partial charge >= 0.3 is 5.97 Å². The first-order valence-corrected chi connectivity index (χ1v) is 6.63. The number of carbonyl (C=O) groups is 2. The van der Waals surface area contributed by atoms with Gasteiger partial charge in [0.15, 0.2) is 18.2 Å². The Hall–Kier alpha value is -2.63. The van der Waals surface area contributed by atoms with E-state index in [4.69, 9.17) is 4.74 Å². The Morgan fingerprint density at radius 3 is 2.48 bits per heavy atom. The van der Waals surface area contributed by atoms with Crippen molar-refractivity contribution in [2.75, 3.05) is 6.61 Å². The van der Waals surface area contributed by atoms with E-state index in [0.717, 1.165) is 5.56 Å². The highest BCUT2D eigenvalue weighted by molar-refractivity contribution is 5.94. The van der Waals surface area contributed by atoms with E-state index >= 15 is 0 Å². The molecule has 2 heterocycles. The van der Waals surface area contributed by atoms with E-state index in [2.05, 4.69) is 9.97 Å². The van der Waals surface area contributed by atoms with Gasteiger partial charge in [-0.05, 0) is 13.0 Å². The van der Waals surface area contributed by atoms with Crippen molar-refractivity contribution in [1.82, 2.24) is 9.97 Å². The number of rotatable bonds is 6. The minimum atomic E-state index is -0.489. The molecule has 2 aromatic heterocycles. The molecule has 0 amide bonds. The van der Waals surface area contributed by atoms with Crippen LogP contribution >= 0.6 is 0 Å². The van der Waals surface area contributed by atoms with Crippen LogP contribution in [0.15, 0.2) is 43.0 Å². The Kier molecular flexibility index (Phi) is 5.09. The molecule has 0 N–H and O–H groups in total. The van der Waals surface area contributed by atoms with Crippen molar-refractivity contribution in [2.45, 2.75) is 19.9 Å². The van der Waals surface area contributed by atoms with Gasteiger partial charge in [-0.2, -0.15) is 4.57 Å². The molecule has 0 aliphatic heterocycles. The topological polar surface area (TPSA) is 73.0 Å². The fourth-order valence-corrected chi connectivity index (χ4v) is 1.79. The molecule has 0 bridgehead atoms. The average molecular weight is 286 g/mol. The van der Waals surface area contributed by atoms with Crippen molar-refractivity contribution in [3.05, 3.63) is 43.0 Å². The monoisotopic (exact) mass is 286 g/mol. The molecular formula is C15H16N3O3+. The molecule has 2 rings (SSSR count). The molecule has 0 aromatic carbocycles. The quantitative estimate of drug-likeness (QED) is 0.449. The molecule has 0 radical (unpaired) electrons. The summed E-state index contributed by atoms with van der Waals surface area (Å²) in [6.45, 7) is 2.13. The number of esters is 1. The van der Waals surface area contributed by atoms with Crippen molar-refractivity contribution >= 4 is 11.8 Å². The van der Waals surface area contributed by atoms with Gasteiger partial charge in [-0.15, -0.1) is 0 Å². The van der Waals surface area contributed by atoms with E-state index in [1.807, 2.05) is 12.1 Å². The fraction of sp³-hybridized carbons (Fsp3) is 0.267. The van der Waals surface area contributed by atoms with Crippen LogP contribution < -0.4 is 4.57 Å². The maximum atomic E-state index is 11.7. The van der Waals surface area contributed by atoms with Gasteiger partial charge in [0.25, 0.3) is 0 Å². The van der Waals surface area contributed by atoms with E-state index < -0.39 is 5.97 Å². The number of nitrogens with zero attached hydrogens (tertiary/aromatic N) is 3. The van der Waals surface area contributed by atoms with E-state index in [9.17, 15) is 9.59 Å². The number of Topliss-reactive ketones (excluding diaryl/α,β-unsaturated/α-hetero) is 1. The lowest BCUT2D eigenvalue weighted by atomic mass is 10.2. The standard InChI is InChI=1S/C15H16N3O3/c1-2-21-14(20)10-13(19)11-18-8-4-12(5-9-18)15-16-6-3-7-17-15/h3-9H,2,10-11H2,1H3/q+1. The van der Waals surface area contributed by atoms with Crippen LogP contribution in [0.2, 0.25) is 0 Å². The molecule has 21 heavy (non-hydrogen) atoms. The first-order valence-electron chi connectivity index (χ1n) is 6.63. The van der Waals surface area contributed by atoms with E-state index in [-0.39, 0.29) is 25.4 Å². The first-order chi connectivity index (χ1) is 10.2. The Balaban J connectivity index is 1.97. The highest BCUT2D eigenvalue weighted by Crippen LogP contribution is 2.10. The lowest BCUT2D eigenvalue weighted by molar-refractivity contribution is -0.684. The second-order valence-corrected chi connectivity index (χ2v) is 4.35. The normalized spacial score (nSPS) is 10.1. The van der Waals surface area contributed by atoms with Crippen molar-refractivity contribution in [2.24, 2.45) is 0 Å². The Bertz CT molecular complexity index is 612. The molecule has 0 saturated heterocycles. The smallest absolute Gasteiger partial charge is 0.313 e. The van der Waals surface area contributed by atoms with E-state index in [1.165, 1.54) is 0 Å². The van der Waals surface area contributed by atoms with Crippen LogP contribution in [0, 0.1) is 0 Å². The van der Waals surface area contributed by atoms with Gasteiger partial charge in [-0.1, -0.05) is 0 Å². The number of carbonyl (C=O) groups excluding carboxylic acids is 2. The minimum absolute atomic E-state index is 0.134. The van der Waals surface area contributed by atoms with Crippen molar-refractivity contribution < 1.29 is 18.9 Å². The van der Waals surface area contributed by atoms with Crippen LogP contribution in [-0.2, 0) is 20.9 Å². The molecule has 0 unspecified atom stereocenters. The molecule has 2 aromatic rings. The first kappa shape index (κ1) is 14.8. The average Bonchev–Trinajstić information content (AvgIpc) is 2.49. The van der Waals surface area contributed by atoms with E-state index in [0.29, 0.717) is 5.82 Å². The number of pyridine rings is 1. The second kappa shape index (κ2) is 7.23. The summed E-state index contributed by atoms with van der Waals surface area (Å²) in [5, 5.41) is 0. The zero-order valence-electron chi connectivity index (χ0n) is 11.7. The molecular weight excluding hydrogens is 270 g/mol. The summed E-state index contributed by atoms with van der Waals surface area (Å²) in [7, 11) is 0. The summed E-state index contributed by atoms with van der Waals surface area (Å²) in [4.78, 5) is 31.2. The van der Waals surface area contributed by atoms with Gasteiger partial charge in [-0.3, -0.25) is 9.59 Å². The third kappa shape index (κ3) is 4.45. The summed E-state index contributed by atoms with van der Waals surface area (Å²) in [6, 6.07) is 5.40. The fourth-order valence-electron chi connectivity index (χ4n) is 1.79. The molecule has 0 saturated carbocycles. The summed E-state index contributed by atoms with van der Waals surface area (Å²) in [5.41, 5.74) is 0.865. The number of ether oxygens (including phenoxy) is 1. The van der Waals surface area contributed by atoms with Crippen LogP contribution in [-0.4, -0.2) is 28.3 Å². The zero-order valence-corrected chi connectivity index (χ0v) is 11.7. The van der Waals surface area contributed by atoms with Gasteiger partial charge in [-0.25, -0.2) is 9.97 Å². The van der Waals surface area contributed by atoms with Crippen molar-refractivity contribution in [1.29, 1.82) is 0 Å². The number of hydrogen-bond donors (Lipinski definition) is 0. The predicted molar refractivity (Wildman–Crippen MR) is 73.9 cm³/mol. The Morgan fingerprint density at radius 1 is 1.19 bits per heavy atom. The van der Waals surface area contributed by atoms with Crippen LogP contribution in [0.1, 0.15) is 13.3 Å². The Labute approximate surface area is 122 Å².